The fraction of sp³-hybridized carbons (Fsp3) is 0.175. The molecule has 0 atom stereocenters. The minimum Gasteiger partial charge on any atom is -0.456 e. The summed E-state index contributed by atoms with van der Waals surface area (Å²) < 4.78 is 53.1. The Morgan fingerprint density at radius 3 is 2.23 bits per heavy atom. The normalized spacial score (nSPS) is 11.0. The Bertz CT molecular complexity index is 2050. The predicted molar refractivity (Wildman–Crippen MR) is 188 cm³/mol. The van der Waals surface area contributed by atoms with Crippen molar-refractivity contribution in [2.24, 2.45) is 0 Å². The molecule has 5 rings (SSSR count). The SMILES string of the molecule is CN(C)C(=O)c1cc(CCCC(=O)Oc2ccc(C(=O)OCc3ccccn3)cc2)ccc1NC(=O)c1c(-c2ccccc2)cccc1C(F)(F)F. The number of carbonyl (C=O) groups excluding carboxylic acids is 4. The van der Waals surface area contributed by atoms with Crippen molar-refractivity contribution in [3.05, 3.63) is 149 Å². The van der Waals surface area contributed by atoms with E-state index in [0.29, 0.717) is 29.7 Å². The van der Waals surface area contributed by atoms with Crippen LogP contribution in [0.15, 0.2) is 115 Å². The van der Waals surface area contributed by atoms with Crippen LogP contribution in [0.4, 0.5) is 18.9 Å². The van der Waals surface area contributed by atoms with Crippen molar-refractivity contribution in [2.45, 2.75) is 32.0 Å². The van der Waals surface area contributed by atoms with E-state index >= 15 is 0 Å². The van der Waals surface area contributed by atoms with E-state index in [-0.39, 0.29) is 41.2 Å². The van der Waals surface area contributed by atoms with Crippen LogP contribution in [0, 0.1) is 0 Å². The molecule has 0 unspecified atom stereocenters. The van der Waals surface area contributed by atoms with Crippen LogP contribution in [0.25, 0.3) is 11.1 Å². The Kier molecular flexibility index (Phi) is 11.8. The van der Waals surface area contributed by atoms with Gasteiger partial charge in [0.2, 0.25) is 0 Å². The zero-order valence-corrected chi connectivity index (χ0v) is 28.3. The van der Waals surface area contributed by atoms with Crippen molar-refractivity contribution in [3.63, 3.8) is 0 Å². The minimum atomic E-state index is -4.82. The number of aryl methyl sites for hydroxylation is 1. The Morgan fingerprint density at radius 2 is 1.56 bits per heavy atom. The number of carbonyl (C=O) groups is 4. The van der Waals surface area contributed by atoms with Gasteiger partial charge in [-0.25, -0.2) is 4.79 Å². The first kappa shape index (κ1) is 37.0. The lowest BCUT2D eigenvalue weighted by Crippen LogP contribution is -2.25. The summed E-state index contributed by atoms with van der Waals surface area (Å²) in [6.07, 6.45) is -2.49. The van der Waals surface area contributed by atoms with E-state index in [9.17, 15) is 32.3 Å². The Hall–Kier alpha value is -6.30. The summed E-state index contributed by atoms with van der Waals surface area (Å²) in [4.78, 5) is 57.1. The second kappa shape index (κ2) is 16.6. The van der Waals surface area contributed by atoms with Crippen molar-refractivity contribution in [2.75, 3.05) is 19.4 Å². The maximum absolute atomic E-state index is 14.1. The highest BCUT2D eigenvalue weighted by molar-refractivity contribution is 6.12. The highest BCUT2D eigenvalue weighted by Crippen LogP contribution is 2.37. The molecule has 52 heavy (non-hydrogen) atoms. The third-order valence-corrected chi connectivity index (χ3v) is 7.90. The van der Waals surface area contributed by atoms with Crippen LogP contribution in [-0.2, 0) is 28.7 Å². The highest BCUT2D eigenvalue weighted by atomic mass is 19.4. The number of anilines is 1. The molecule has 0 radical (unpaired) electrons. The number of hydrogen-bond acceptors (Lipinski definition) is 7. The molecule has 266 valence electrons. The smallest absolute Gasteiger partial charge is 0.417 e. The fourth-order valence-electron chi connectivity index (χ4n) is 5.33. The first-order chi connectivity index (χ1) is 24.9. The third-order valence-electron chi connectivity index (χ3n) is 7.90. The van der Waals surface area contributed by atoms with Crippen LogP contribution in [0.1, 0.15) is 60.7 Å². The van der Waals surface area contributed by atoms with Crippen LogP contribution in [-0.4, -0.2) is 47.7 Å². The van der Waals surface area contributed by atoms with Crippen molar-refractivity contribution < 1.29 is 41.8 Å². The molecular formula is C40H34F3N3O6. The summed E-state index contributed by atoms with van der Waals surface area (Å²) in [5.41, 5.74) is 0.485. The van der Waals surface area contributed by atoms with Gasteiger partial charge in [0.25, 0.3) is 11.8 Å². The molecule has 0 saturated carbocycles. The summed E-state index contributed by atoms with van der Waals surface area (Å²) in [5.74, 6) is -2.33. The van der Waals surface area contributed by atoms with E-state index in [0.717, 1.165) is 6.07 Å². The Morgan fingerprint density at radius 1 is 0.827 bits per heavy atom. The first-order valence-corrected chi connectivity index (χ1v) is 16.2. The number of hydrogen-bond donors (Lipinski definition) is 1. The quantitative estimate of drug-likeness (QED) is 0.103. The van der Waals surface area contributed by atoms with Crippen molar-refractivity contribution in [3.8, 4) is 16.9 Å². The van der Waals surface area contributed by atoms with Crippen LogP contribution < -0.4 is 10.1 Å². The number of nitrogens with zero attached hydrogens (tertiary/aromatic N) is 2. The number of aromatic nitrogens is 1. The summed E-state index contributed by atoms with van der Waals surface area (Å²) in [5, 5.41) is 2.55. The second-order valence-electron chi connectivity index (χ2n) is 11.9. The van der Waals surface area contributed by atoms with Crippen molar-refractivity contribution in [1.29, 1.82) is 0 Å². The van der Waals surface area contributed by atoms with Gasteiger partial charge in [0.15, 0.2) is 0 Å². The lowest BCUT2D eigenvalue weighted by atomic mass is 9.94. The number of benzene rings is 4. The number of nitrogens with one attached hydrogen (secondary N) is 1. The van der Waals surface area contributed by atoms with Gasteiger partial charge < -0.3 is 19.7 Å². The molecule has 0 spiro atoms. The van der Waals surface area contributed by atoms with E-state index in [1.165, 1.54) is 61.5 Å². The molecule has 12 heteroatoms. The molecule has 1 aromatic heterocycles. The van der Waals surface area contributed by atoms with Gasteiger partial charge >= 0.3 is 18.1 Å². The minimum absolute atomic E-state index is 0.0185. The maximum Gasteiger partial charge on any atom is 0.417 e. The largest absolute Gasteiger partial charge is 0.456 e. The number of ether oxygens (including phenoxy) is 2. The molecule has 0 aliphatic rings. The van der Waals surface area contributed by atoms with Gasteiger partial charge in [0, 0.05) is 26.7 Å². The molecule has 2 amide bonds. The van der Waals surface area contributed by atoms with E-state index in [4.69, 9.17) is 9.47 Å². The van der Waals surface area contributed by atoms with Crippen molar-refractivity contribution in [1.82, 2.24) is 9.88 Å². The maximum atomic E-state index is 14.1. The summed E-state index contributed by atoms with van der Waals surface area (Å²) in [7, 11) is 3.03. The molecular weight excluding hydrogens is 675 g/mol. The summed E-state index contributed by atoms with van der Waals surface area (Å²) in [6, 6.07) is 27.6. The van der Waals surface area contributed by atoms with E-state index < -0.39 is 41.1 Å². The Labute approximate surface area is 298 Å². The predicted octanol–water partition coefficient (Wildman–Crippen LogP) is 8.01. The van der Waals surface area contributed by atoms with Crippen LogP contribution in [0.3, 0.4) is 0 Å². The highest BCUT2D eigenvalue weighted by Gasteiger charge is 2.37. The van der Waals surface area contributed by atoms with E-state index in [2.05, 4.69) is 10.3 Å². The Balaban J connectivity index is 1.24. The van der Waals surface area contributed by atoms with Gasteiger partial charge in [-0.3, -0.25) is 19.4 Å². The third kappa shape index (κ3) is 9.48. The van der Waals surface area contributed by atoms with E-state index in [1.54, 1.807) is 66.9 Å². The molecule has 5 aromatic rings. The van der Waals surface area contributed by atoms with Crippen molar-refractivity contribution >= 4 is 29.4 Å². The van der Waals surface area contributed by atoms with Gasteiger partial charge in [-0.2, -0.15) is 13.2 Å². The molecule has 0 saturated heterocycles. The number of rotatable bonds is 12. The molecule has 1 heterocycles. The topological polar surface area (TPSA) is 115 Å². The van der Waals surface area contributed by atoms with Gasteiger partial charge in [-0.1, -0.05) is 54.6 Å². The number of pyridine rings is 1. The second-order valence-corrected chi connectivity index (χ2v) is 11.9. The number of amides is 2. The molecule has 1 N–H and O–H groups in total. The molecule has 4 aromatic carbocycles. The fourth-order valence-corrected chi connectivity index (χ4v) is 5.33. The summed E-state index contributed by atoms with van der Waals surface area (Å²) >= 11 is 0. The standard InChI is InChI=1S/C40H34F3N3O6/c1-46(2)38(49)32-24-26(10-8-16-35(47)52-30-20-18-28(19-21-30)39(50)51-25-29-13-6-7-23-44-29)17-22-34(32)45-37(48)36-31(27-11-4-3-5-12-27)14-9-15-33(36)40(41,42)43/h3-7,9,11-15,17-24H,8,10,16,25H2,1-2H3,(H,45,48). The first-order valence-electron chi connectivity index (χ1n) is 16.2. The van der Waals surface area contributed by atoms with Crippen LogP contribution in [0.2, 0.25) is 0 Å². The van der Waals surface area contributed by atoms with Gasteiger partial charge in [0.05, 0.1) is 33.6 Å². The number of alkyl halides is 3. The molecule has 0 bridgehead atoms. The molecule has 0 fully saturated rings. The van der Waals surface area contributed by atoms with E-state index in [1.807, 2.05) is 0 Å². The summed E-state index contributed by atoms with van der Waals surface area (Å²) in [6.45, 7) is 0.0185. The average Bonchev–Trinajstić information content (AvgIpc) is 3.14. The van der Waals surface area contributed by atoms with Crippen LogP contribution >= 0.6 is 0 Å². The molecule has 9 nitrogen and oxygen atoms in total. The van der Waals surface area contributed by atoms with Gasteiger partial charge in [-0.15, -0.1) is 0 Å². The average molecular weight is 710 g/mol. The molecule has 0 aliphatic heterocycles. The lowest BCUT2D eigenvalue weighted by Gasteiger charge is -2.19. The zero-order chi connectivity index (χ0) is 37.3. The van der Waals surface area contributed by atoms with Gasteiger partial charge in [-0.05, 0) is 84.1 Å². The molecule has 0 aliphatic carbocycles. The van der Waals surface area contributed by atoms with Crippen LogP contribution in [0.5, 0.6) is 5.75 Å². The lowest BCUT2D eigenvalue weighted by molar-refractivity contribution is -0.138. The zero-order valence-electron chi connectivity index (χ0n) is 28.3. The number of halogens is 3. The monoisotopic (exact) mass is 709 g/mol. The van der Waals surface area contributed by atoms with Gasteiger partial charge in [0.1, 0.15) is 12.4 Å². The number of esters is 2.